The minimum atomic E-state index is -0.281. The van der Waals surface area contributed by atoms with Gasteiger partial charge in [-0.3, -0.25) is 14.7 Å². The number of carbonyl (C=O) groups excluding carboxylic acids is 2. The van der Waals surface area contributed by atoms with Gasteiger partial charge >= 0.3 is 0 Å². The first-order valence-corrected chi connectivity index (χ1v) is 11.1. The molecule has 2 heterocycles. The highest BCUT2D eigenvalue weighted by molar-refractivity contribution is 5.96. The number of halogens is 1. The number of H-pyrrole nitrogens is 1. The molecule has 1 aromatic heterocycles. The number of amides is 2. The van der Waals surface area contributed by atoms with Crippen LogP contribution in [0.25, 0.3) is 11.1 Å². The first-order chi connectivity index (χ1) is 15.6. The Kier molecular flexibility index (Phi) is 5.47. The van der Waals surface area contributed by atoms with Gasteiger partial charge in [0.1, 0.15) is 5.82 Å². The van der Waals surface area contributed by atoms with E-state index in [1.54, 1.807) is 11.0 Å². The van der Waals surface area contributed by atoms with Crippen LogP contribution in [0.4, 0.5) is 10.1 Å². The quantitative estimate of drug-likeness (QED) is 0.649. The van der Waals surface area contributed by atoms with E-state index >= 15 is 0 Å². The van der Waals surface area contributed by atoms with Crippen LogP contribution in [0.3, 0.4) is 0 Å². The number of aromatic nitrogens is 2. The van der Waals surface area contributed by atoms with Crippen molar-refractivity contribution in [2.75, 3.05) is 18.4 Å². The maximum absolute atomic E-state index is 13.5. The highest BCUT2D eigenvalue weighted by atomic mass is 19.1. The third-order valence-corrected chi connectivity index (χ3v) is 6.40. The van der Waals surface area contributed by atoms with E-state index in [0.29, 0.717) is 24.5 Å². The molecule has 2 N–H and O–H groups in total. The van der Waals surface area contributed by atoms with Crippen LogP contribution < -0.4 is 5.32 Å². The first kappa shape index (κ1) is 20.4. The fourth-order valence-electron chi connectivity index (χ4n) is 4.68. The summed E-state index contributed by atoms with van der Waals surface area (Å²) in [5.74, 6) is -0.715. The highest BCUT2D eigenvalue weighted by Gasteiger charge is 2.32. The monoisotopic (exact) mass is 432 g/mol. The Bertz CT molecular complexity index is 1160. The summed E-state index contributed by atoms with van der Waals surface area (Å²) in [4.78, 5) is 27.7. The van der Waals surface area contributed by atoms with Gasteiger partial charge < -0.3 is 10.2 Å². The predicted octanol–water partition coefficient (Wildman–Crippen LogP) is 4.20. The summed E-state index contributed by atoms with van der Waals surface area (Å²) in [7, 11) is 0. The summed E-state index contributed by atoms with van der Waals surface area (Å²) in [5.41, 5.74) is 4.98. The number of likely N-dealkylation sites (tertiary alicyclic amines) is 1. The molecule has 0 unspecified atom stereocenters. The van der Waals surface area contributed by atoms with Gasteiger partial charge in [-0.1, -0.05) is 24.3 Å². The summed E-state index contributed by atoms with van der Waals surface area (Å²) < 4.78 is 13.5. The number of fused-ring (bicyclic) bond motifs is 1. The van der Waals surface area contributed by atoms with Gasteiger partial charge in [0.05, 0.1) is 5.92 Å². The molecule has 5 rings (SSSR count). The molecule has 6 nitrogen and oxygen atoms in total. The van der Waals surface area contributed by atoms with Crippen molar-refractivity contribution >= 4 is 17.5 Å². The van der Waals surface area contributed by atoms with Crippen molar-refractivity contribution in [2.24, 2.45) is 5.92 Å². The molecule has 0 bridgehead atoms. The van der Waals surface area contributed by atoms with Gasteiger partial charge in [-0.25, -0.2) is 4.39 Å². The van der Waals surface area contributed by atoms with Gasteiger partial charge in [0, 0.05) is 30.0 Å². The molecule has 1 saturated heterocycles. The van der Waals surface area contributed by atoms with Crippen LogP contribution >= 0.6 is 0 Å². The zero-order chi connectivity index (χ0) is 22.1. The molecule has 3 aromatic rings. The van der Waals surface area contributed by atoms with Gasteiger partial charge in [-0.15, -0.1) is 0 Å². The molecule has 0 spiro atoms. The van der Waals surface area contributed by atoms with Gasteiger partial charge in [0.15, 0.2) is 5.69 Å². The second kappa shape index (κ2) is 8.57. The smallest absolute Gasteiger partial charge is 0.274 e. The number of aromatic amines is 1. The van der Waals surface area contributed by atoms with Crippen molar-refractivity contribution in [3.05, 3.63) is 71.3 Å². The summed E-state index contributed by atoms with van der Waals surface area (Å²) in [6.07, 6.45) is 4.41. The summed E-state index contributed by atoms with van der Waals surface area (Å²) in [6, 6.07) is 13.8. The zero-order valence-electron chi connectivity index (χ0n) is 17.7. The van der Waals surface area contributed by atoms with Crippen molar-refractivity contribution in [3.8, 4) is 11.1 Å². The standard InChI is InChI=1S/C25H25FN4O2/c26-19-6-1-4-17(14-19)16-9-11-20(12-10-16)27-24(31)18-5-3-13-30(15-18)25(32)23-21-7-2-8-22(21)28-29-23/h1,4,6,9-12,14,18H,2-3,5,7-8,13,15H2,(H,27,31)(H,28,29)/t18-/m1/s1. The molecule has 2 amide bonds. The minimum Gasteiger partial charge on any atom is -0.336 e. The zero-order valence-corrected chi connectivity index (χ0v) is 17.7. The van der Waals surface area contributed by atoms with E-state index < -0.39 is 0 Å². The van der Waals surface area contributed by atoms with Crippen LogP contribution in [-0.4, -0.2) is 40.0 Å². The molecule has 0 saturated carbocycles. The summed E-state index contributed by atoms with van der Waals surface area (Å²) in [6.45, 7) is 1.04. The van der Waals surface area contributed by atoms with Crippen LogP contribution in [0.5, 0.6) is 0 Å². The Labute approximate surface area is 185 Å². The van der Waals surface area contributed by atoms with Crippen LogP contribution in [0, 0.1) is 11.7 Å². The first-order valence-electron chi connectivity index (χ1n) is 11.1. The summed E-state index contributed by atoms with van der Waals surface area (Å²) >= 11 is 0. The fraction of sp³-hybridized carbons (Fsp3) is 0.320. The number of piperidine rings is 1. The second-order valence-electron chi connectivity index (χ2n) is 8.55. The Morgan fingerprint density at radius 2 is 1.91 bits per heavy atom. The Morgan fingerprint density at radius 3 is 2.72 bits per heavy atom. The van der Waals surface area contributed by atoms with E-state index in [1.807, 2.05) is 30.3 Å². The lowest BCUT2D eigenvalue weighted by atomic mass is 9.96. The van der Waals surface area contributed by atoms with Crippen LogP contribution in [-0.2, 0) is 17.6 Å². The molecule has 0 radical (unpaired) electrons. The number of hydrogen-bond donors (Lipinski definition) is 2. The molecule has 2 aliphatic rings. The molecule has 7 heteroatoms. The maximum Gasteiger partial charge on any atom is 0.274 e. The minimum absolute atomic E-state index is 0.0821. The van der Waals surface area contributed by atoms with E-state index in [1.165, 1.54) is 12.1 Å². The molecule has 1 atom stereocenters. The van der Waals surface area contributed by atoms with E-state index in [2.05, 4.69) is 15.5 Å². The number of hydrogen-bond acceptors (Lipinski definition) is 3. The number of carbonyl (C=O) groups is 2. The maximum atomic E-state index is 13.5. The van der Waals surface area contributed by atoms with Crippen LogP contribution in [0.15, 0.2) is 48.5 Å². The van der Waals surface area contributed by atoms with E-state index in [9.17, 15) is 14.0 Å². The Morgan fingerprint density at radius 1 is 1.06 bits per heavy atom. The number of nitrogens with one attached hydrogen (secondary N) is 2. The predicted molar refractivity (Wildman–Crippen MR) is 120 cm³/mol. The average molecular weight is 432 g/mol. The van der Waals surface area contributed by atoms with Crippen LogP contribution in [0.1, 0.15) is 41.0 Å². The van der Waals surface area contributed by atoms with Crippen molar-refractivity contribution < 1.29 is 14.0 Å². The molecule has 164 valence electrons. The van der Waals surface area contributed by atoms with E-state index in [0.717, 1.165) is 54.5 Å². The van der Waals surface area contributed by atoms with Gasteiger partial charge in [0.2, 0.25) is 5.91 Å². The summed E-state index contributed by atoms with van der Waals surface area (Å²) in [5, 5.41) is 10.2. The van der Waals surface area contributed by atoms with Crippen molar-refractivity contribution in [3.63, 3.8) is 0 Å². The lowest BCUT2D eigenvalue weighted by Crippen LogP contribution is -2.44. The molecule has 2 aromatic carbocycles. The largest absolute Gasteiger partial charge is 0.336 e. The molecule has 1 aliphatic carbocycles. The highest BCUT2D eigenvalue weighted by Crippen LogP contribution is 2.27. The number of nitrogens with zero attached hydrogens (tertiary/aromatic N) is 2. The second-order valence-corrected chi connectivity index (χ2v) is 8.55. The lowest BCUT2D eigenvalue weighted by Gasteiger charge is -2.31. The number of aryl methyl sites for hydroxylation is 1. The number of benzene rings is 2. The number of rotatable bonds is 4. The van der Waals surface area contributed by atoms with Gasteiger partial charge in [-0.2, -0.15) is 5.10 Å². The SMILES string of the molecule is O=C(Nc1ccc(-c2cccc(F)c2)cc1)[C@@H]1CCCN(C(=O)c2n[nH]c3c2CCC3)C1. The molecule has 32 heavy (non-hydrogen) atoms. The third kappa shape index (κ3) is 4.02. The lowest BCUT2D eigenvalue weighted by molar-refractivity contribution is -0.121. The van der Waals surface area contributed by atoms with E-state index in [4.69, 9.17) is 0 Å². The third-order valence-electron chi connectivity index (χ3n) is 6.40. The van der Waals surface area contributed by atoms with Crippen molar-refractivity contribution in [1.29, 1.82) is 0 Å². The molecular weight excluding hydrogens is 407 g/mol. The Hall–Kier alpha value is -3.48. The average Bonchev–Trinajstić information content (AvgIpc) is 3.43. The van der Waals surface area contributed by atoms with Gasteiger partial charge in [0.25, 0.3) is 5.91 Å². The Balaban J connectivity index is 1.23. The van der Waals surface area contributed by atoms with Crippen LogP contribution in [0.2, 0.25) is 0 Å². The topological polar surface area (TPSA) is 78.1 Å². The number of anilines is 1. The molecular formula is C25H25FN4O2. The normalized spacial score (nSPS) is 17.8. The van der Waals surface area contributed by atoms with Crippen molar-refractivity contribution in [1.82, 2.24) is 15.1 Å². The van der Waals surface area contributed by atoms with Crippen molar-refractivity contribution in [2.45, 2.75) is 32.1 Å². The molecule has 1 aliphatic heterocycles. The van der Waals surface area contributed by atoms with Gasteiger partial charge in [-0.05, 0) is 67.5 Å². The fourth-order valence-corrected chi connectivity index (χ4v) is 4.68. The molecule has 1 fully saturated rings. The van der Waals surface area contributed by atoms with E-state index in [-0.39, 0.29) is 23.5 Å².